The second kappa shape index (κ2) is 7.43. The van der Waals surface area contributed by atoms with Crippen LogP contribution in [-0.2, 0) is 0 Å². The zero-order chi connectivity index (χ0) is 17.8. The van der Waals surface area contributed by atoms with Crippen LogP contribution in [0.1, 0.15) is 5.76 Å². The highest BCUT2D eigenvalue weighted by Gasteiger charge is 2.16. The van der Waals surface area contributed by atoms with E-state index in [0.29, 0.717) is 17.4 Å². The maximum Gasteiger partial charge on any atom is 0.227 e. The molecule has 7 nitrogen and oxygen atoms in total. The second-order valence-electron chi connectivity index (χ2n) is 5.08. The lowest BCUT2D eigenvalue weighted by molar-refractivity contribution is 0.355. The number of nitrogens with zero attached hydrogens (tertiary/aromatic N) is 3. The molecule has 0 aliphatic heterocycles. The van der Waals surface area contributed by atoms with Crippen LogP contribution in [0.3, 0.4) is 0 Å². The van der Waals surface area contributed by atoms with Gasteiger partial charge >= 0.3 is 0 Å². The first-order valence-electron chi connectivity index (χ1n) is 7.49. The first-order chi connectivity index (χ1) is 12.2. The van der Waals surface area contributed by atoms with Crippen LogP contribution in [0.2, 0.25) is 0 Å². The quantitative estimate of drug-likeness (QED) is 0.664. The number of anilines is 2. The predicted molar refractivity (Wildman–Crippen MR) is 96.9 cm³/mol. The van der Waals surface area contributed by atoms with E-state index in [-0.39, 0.29) is 0 Å². The van der Waals surface area contributed by atoms with Gasteiger partial charge in [0.2, 0.25) is 5.95 Å². The molecule has 3 rings (SSSR count). The van der Waals surface area contributed by atoms with Crippen molar-refractivity contribution in [1.29, 1.82) is 0 Å². The largest absolute Gasteiger partial charge is 0.493 e. The first-order valence-corrected chi connectivity index (χ1v) is 8.71. The molecule has 8 heteroatoms. The van der Waals surface area contributed by atoms with E-state index in [0.717, 1.165) is 27.7 Å². The highest BCUT2D eigenvalue weighted by molar-refractivity contribution is 7.98. The molecule has 0 aliphatic carbocycles. The van der Waals surface area contributed by atoms with Crippen molar-refractivity contribution in [3.8, 4) is 22.8 Å². The Morgan fingerprint density at radius 1 is 1.12 bits per heavy atom. The number of aryl methyl sites for hydroxylation is 1. The van der Waals surface area contributed by atoms with Crippen molar-refractivity contribution in [2.24, 2.45) is 0 Å². The second-order valence-corrected chi connectivity index (χ2v) is 5.88. The molecule has 130 valence electrons. The molecule has 0 atom stereocenters. The molecule has 1 N–H and O–H groups in total. The van der Waals surface area contributed by atoms with E-state index in [9.17, 15) is 0 Å². The normalized spacial score (nSPS) is 10.6. The number of methoxy groups -OCH3 is 2. The lowest BCUT2D eigenvalue weighted by Crippen LogP contribution is -1.99. The molecule has 0 saturated carbocycles. The standard InChI is InChI=1S/C17H18N4O3S/c1-10-15(16(25-4)21-24-10)12-7-8-18-17(20-12)19-11-5-6-13(22-2)14(9-11)23-3/h5-9H,1-4H3,(H,18,19,20). The highest BCUT2D eigenvalue weighted by atomic mass is 32.2. The Hall–Kier alpha value is -2.74. The van der Waals surface area contributed by atoms with Gasteiger partial charge in [-0.3, -0.25) is 0 Å². The van der Waals surface area contributed by atoms with Crippen molar-refractivity contribution in [2.45, 2.75) is 11.9 Å². The number of aromatic nitrogens is 3. The molecule has 3 aromatic rings. The first kappa shape index (κ1) is 17.1. The number of rotatable bonds is 6. The van der Waals surface area contributed by atoms with Gasteiger partial charge in [-0.2, -0.15) is 0 Å². The van der Waals surface area contributed by atoms with E-state index < -0.39 is 0 Å². The molecule has 25 heavy (non-hydrogen) atoms. The Morgan fingerprint density at radius 2 is 1.92 bits per heavy atom. The molecule has 1 aromatic carbocycles. The molecule has 0 unspecified atom stereocenters. The SMILES string of the molecule is COc1ccc(Nc2nccc(-c3c(SC)noc3C)n2)cc1OC. The topological polar surface area (TPSA) is 82.3 Å². The lowest BCUT2D eigenvalue weighted by Gasteiger charge is -2.11. The molecule has 2 heterocycles. The summed E-state index contributed by atoms with van der Waals surface area (Å²) in [6.07, 6.45) is 3.65. The summed E-state index contributed by atoms with van der Waals surface area (Å²) in [5, 5.41) is 8.02. The monoisotopic (exact) mass is 358 g/mol. The van der Waals surface area contributed by atoms with Crippen LogP contribution in [0.4, 0.5) is 11.6 Å². The summed E-state index contributed by atoms with van der Waals surface area (Å²) in [5.41, 5.74) is 2.42. The van der Waals surface area contributed by atoms with Gasteiger partial charge in [-0.1, -0.05) is 5.16 Å². The third kappa shape index (κ3) is 3.53. The fraction of sp³-hybridized carbons (Fsp3) is 0.235. The fourth-order valence-corrected chi connectivity index (χ4v) is 2.95. The molecule has 0 saturated heterocycles. The number of hydrogen-bond donors (Lipinski definition) is 1. The number of thioether (sulfide) groups is 1. The van der Waals surface area contributed by atoms with Gasteiger partial charge in [-0.15, -0.1) is 11.8 Å². The van der Waals surface area contributed by atoms with Crippen LogP contribution in [0.5, 0.6) is 11.5 Å². The summed E-state index contributed by atoms with van der Waals surface area (Å²) in [6, 6.07) is 7.35. The average molecular weight is 358 g/mol. The Labute approximate surface area is 149 Å². The Bertz CT molecular complexity index is 882. The summed E-state index contributed by atoms with van der Waals surface area (Å²) in [7, 11) is 3.19. The summed E-state index contributed by atoms with van der Waals surface area (Å²) in [4.78, 5) is 8.85. The maximum atomic E-state index is 5.31. The van der Waals surface area contributed by atoms with Gasteiger partial charge in [-0.05, 0) is 31.4 Å². The fourth-order valence-electron chi connectivity index (χ4n) is 2.38. The zero-order valence-corrected chi connectivity index (χ0v) is 15.2. The molecule has 0 bridgehead atoms. The van der Waals surface area contributed by atoms with Crippen molar-refractivity contribution in [2.75, 3.05) is 25.8 Å². The molecular formula is C17H18N4O3S. The molecule has 0 amide bonds. The van der Waals surface area contributed by atoms with Crippen molar-refractivity contribution in [3.63, 3.8) is 0 Å². The van der Waals surface area contributed by atoms with E-state index in [1.54, 1.807) is 20.4 Å². The lowest BCUT2D eigenvalue weighted by atomic mass is 10.2. The average Bonchev–Trinajstić information content (AvgIpc) is 3.02. The van der Waals surface area contributed by atoms with Crippen molar-refractivity contribution < 1.29 is 14.0 Å². The number of benzene rings is 1. The maximum absolute atomic E-state index is 5.31. The summed E-state index contributed by atoms with van der Waals surface area (Å²) >= 11 is 1.51. The zero-order valence-electron chi connectivity index (χ0n) is 14.4. The van der Waals surface area contributed by atoms with Crippen LogP contribution in [0.15, 0.2) is 40.0 Å². The highest BCUT2D eigenvalue weighted by Crippen LogP contribution is 2.33. The molecule has 0 fully saturated rings. The summed E-state index contributed by atoms with van der Waals surface area (Å²) in [6.45, 7) is 1.87. The summed E-state index contributed by atoms with van der Waals surface area (Å²) in [5.74, 6) is 2.48. The van der Waals surface area contributed by atoms with Crippen molar-refractivity contribution in [3.05, 3.63) is 36.2 Å². The van der Waals surface area contributed by atoms with Gasteiger partial charge in [0.05, 0.1) is 25.5 Å². The number of nitrogens with one attached hydrogen (secondary N) is 1. The minimum atomic E-state index is 0.470. The van der Waals surface area contributed by atoms with E-state index in [2.05, 4.69) is 20.4 Å². The van der Waals surface area contributed by atoms with Crippen molar-refractivity contribution in [1.82, 2.24) is 15.1 Å². The van der Waals surface area contributed by atoms with E-state index in [1.165, 1.54) is 11.8 Å². The molecule has 0 aliphatic rings. The van der Waals surface area contributed by atoms with Crippen LogP contribution in [-0.4, -0.2) is 35.6 Å². The third-order valence-electron chi connectivity index (χ3n) is 3.58. The molecule has 2 aromatic heterocycles. The van der Waals surface area contributed by atoms with Gasteiger partial charge in [-0.25, -0.2) is 9.97 Å². The smallest absolute Gasteiger partial charge is 0.227 e. The van der Waals surface area contributed by atoms with Gasteiger partial charge in [0.25, 0.3) is 0 Å². The summed E-state index contributed by atoms with van der Waals surface area (Å²) < 4.78 is 15.8. The minimum Gasteiger partial charge on any atom is -0.493 e. The van der Waals surface area contributed by atoms with Gasteiger partial charge in [0.15, 0.2) is 11.5 Å². The molecule has 0 spiro atoms. The number of ether oxygens (including phenoxy) is 2. The van der Waals surface area contributed by atoms with E-state index in [1.807, 2.05) is 37.4 Å². The van der Waals surface area contributed by atoms with E-state index in [4.69, 9.17) is 14.0 Å². The Balaban J connectivity index is 1.91. The number of hydrogen-bond acceptors (Lipinski definition) is 8. The molecular weight excluding hydrogens is 340 g/mol. The Morgan fingerprint density at radius 3 is 2.64 bits per heavy atom. The Kier molecular flexibility index (Phi) is 5.08. The van der Waals surface area contributed by atoms with Crippen LogP contribution in [0, 0.1) is 6.92 Å². The van der Waals surface area contributed by atoms with Crippen LogP contribution in [0.25, 0.3) is 11.3 Å². The van der Waals surface area contributed by atoms with Crippen molar-refractivity contribution >= 4 is 23.4 Å². The van der Waals surface area contributed by atoms with Gasteiger partial charge in [0, 0.05) is 18.0 Å². The molecule has 0 radical (unpaired) electrons. The predicted octanol–water partition coefficient (Wildman–Crippen LogP) is 3.92. The minimum absolute atomic E-state index is 0.470. The third-order valence-corrected chi connectivity index (χ3v) is 4.24. The van der Waals surface area contributed by atoms with E-state index >= 15 is 0 Å². The van der Waals surface area contributed by atoms with Gasteiger partial charge in [0.1, 0.15) is 10.8 Å². The van der Waals surface area contributed by atoms with Crippen LogP contribution < -0.4 is 14.8 Å². The van der Waals surface area contributed by atoms with Crippen LogP contribution >= 0.6 is 11.8 Å². The van der Waals surface area contributed by atoms with Gasteiger partial charge < -0.3 is 19.3 Å².